The fourth-order valence-electron chi connectivity index (χ4n) is 4.00. The molecule has 1 N–H and O–H groups in total. The molecule has 1 aliphatic rings. The third-order valence-corrected chi connectivity index (χ3v) is 7.34. The largest absolute Gasteiger partial charge is 0.497 e. The van der Waals surface area contributed by atoms with E-state index in [-0.39, 0.29) is 17.5 Å². The second-order valence-electron chi connectivity index (χ2n) is 7.78. The number of nitrogens with zero attached hydrogens (tertiary/aromatic N) is 2. The standard InChI is InChI=1S/C24H29N3O5S/c1-30-20-7-5-19(6-8-20)26-13-15-27(16-14-26)23(24-4-3-17-32-24)18-25-33(28,29)22-11-9-21(31-2)10-12-22/h3-12,17,23,25H,13-16,18H2,1-2H3. The Bertz CT molecular complexity index is 1110. The lowest BCUT2D eigenvalue weighted by atomic mass is 10.1. The molecule has 1 fully saturated rings. The summed E-state index contributed by atoms with van der Waals surface area (Å²) in [4.78, 5) is 4.78. The fourth-order valence-corrected chi connectivity index (χ4v) is 5.04. The van der Waals surface area contributed by atoms with E-state index in [0.717, 1.165) is 43.4 Å². The second kappa shape index (κ2) is 10.3. The summed E-state index contributed by atoms with van der Waals surface area (Å²) in [5.41, 5.74) is 1.14. The van der Waals surface area contributed by atoms with Crippen molar-refractivity contribution in [1.29, 1.82) is 0 Å². The predicted molar refractivity (Wildman–Crippen MR) is 126 cm³/mol. The molecule has 3 aromatic rings. The molecule has 2 heterocycles. The Hall–Kier alpha value is -3.01. The van der Waals surface area contributed by atoms with Crippen molar-refractivity contribution in [2.24, 2.45) is 0 Å². The highest BCUT2D eigenvalue weighted by Gasteiger charge is 2.28. The van der Waals surface area contributed by atoms with Crippen LogP contribution in [0.5, 0.6) is 11.5 Å². The third-order valence-electron chi connectivity index (χ3n) is 5.90. The summed E-state index contributed by atoms with van der Waals surface area (Å²) < 4.78 is 44.5. The van der Waals surface area contributed by atoms with Crippen molar-refractivity contribution in [3.8, 4) is 11.5 Å². The Kier molecular flexibility index (Phi) is 7.22. The van der Waals surface area contributed by atoms with E-state index in [0.29, 0.717) is 5.75 Å². The van der Waals surface area contributed by atoms with E-state index in [4.69, 9.17) is 13.9 Å². The molecule has 2 aromatic carbocycles. The quantitative estimate of drug-likeness (QED) is 0.513. The Labute approximate surface area is 194 Å². The number of furan rings is 1. The summed E-state index contributed by atoms with van der Waals surface area (Å²) in [5.74, 6) is 2.18. The topological polar surface area (TPSA) is 84.2 Å². The van der Waals surface area contributed by atoms with E-state index in [1.54, 1.807) is 32.6 Å². The number of hydrogen-bond donors (Lipinski definition) is 1. The molecule has 0 amide bonds. The highest BCUT2D eigenvalue weighted by atomic mass is 32.2. The van der Waals surface area contributed by atoms with Gasteiger partial charge in [-0.25, -0.2) is 13.1 Å². The van der Waals surface area contributed by atoms with Gasteiger partial charge in [-0.2, -0.15) is 0 Å². The van der Waals surface area contributed by atoms with Gasteiger partial charge in [0.15, 0.2) is 0 Å². The fraction of sp³-hybridized carbons (Fsp3) is 0.333. The van der Waals surface area contributed by atoms with Gasteiger partial charge < -0.3 is 18.8 Å². The van der Waals surface area contributed by atoms with Crippen molar-refractivity contribution in [2.45, 2.75) is 10.9 Å². The first-order valence-corrected chi connectivity index (χ1v) is 12.3. The summed E-state index contributed by atoms with van der Waals surface area (Å²) in [6, 6.07) is 17.9. The van der Waals surface area contributed by atoms with E-state index in [1.807, 2.05) is 24.3 Å². The van der Waals surface area contributed by atoms with Crippen LogP contribution in [0, 0.1) is 0 Å². The van der Waals surface area contributed by atoms with Crippen LogP contribution in [0.1, 0.15) is 11.8 Å². The lowest BCUT2D eigenvalue weighted by molar-refractivity contribution is 0.166. The average Bonchev–Trinajstić information content (AvgIpc) is 3.39. The molecule has 1 aromatic heterocycles. The number of hydrogen-bond acceptors (Lipinski definition) is 7. The van der Waals surface area contributed by atoms with Crippen LogP contribution in [0.2, 0.25) is 0 Å². The van der Waals surface area contributed by atoms with Crippen LogP contribution in [-0.4, -0.2) is 60.3 Å². The summed E-state index contributed by atoms with van der Waals surface area (Å²) in [7, 11) is -0.463. The van der Waals surface area contributed by atoms with E-state index < -0.39 is 10.0 Å². The molecule has 1 aliphatic heterocycles. The molecular formula is C24H29N3O5S. The first-order chi connectivity index (χ1) is 16.0. The van der Waals surface area contributed by atoms with E-state index >= 15 is 0 Å². The number of sulfonamides is 1. The second-order valence-corrected chi connectivity index (χ2v) is 9.55. The third kappa shape index (κ3) is 5.50. The van der Waals surface area contributed by atoms with E-state index in [1.165, 1.54) is 12.1 Å². The van der Waals surface area contributed by atoms with Gasteiger partial charge in [-0.1, -0.05) is 0 Å². The number of benzene rings is 2. The number of nitrogens with one attached hydrogen (secondary N) is 1. The molecule has 4 rings (SSSR count). The molecule has 1 saturated heterocycles. The Morgan fingerprint density at radius 1 is 0.909 bits per heavy atom. The Morgan fingerprint density at radius 2 is 1.52 bits per heavy atom. The molecule has 1 atom stereocenters. The summed E-state index contributed by atoms with van der Waals surface area (Å²) in [6.07, 6.45) is 1.62. The minimum absolute atomic E-state index is 0.200. The molecule has 0 bridgehead atoms. The molecular weight excluding hydrogens is 442 g/mol. The Balaban J connectivity index is 1.42. The Morgan fingerprint density at radius 3 is 2.06 bits per heavy atom. The lowest BCUT2D eigenvalue weighted by Gasteiger charge is -2.39. The highest BCUT2D eigenvalue weighted by Crippen LogP contribution is 2.26. The monoisotopic (exact) mass is 471 g/mol. The highest BCUT2D eigenvalue weighted by molar-refractivity contribution is 7.89. The first-order valence-electron chi connectivity index (χ1n) is 10.8. The van der Waals surface area contributed by atoms with Crippen LogP contribution in [0.25, 0.3) is 0 Å². The normalized spacial score (nSPS) is 15.9. The number of rotatable bonds is 9. The van der Waals surface area contributed by atoms with Gasteiger partial charge in [0.2, 0.25) is 10.0 Å². The zero-order chi connectivity index (χ0) is 23.3. The zero-order valence-electron chi connectivity index (χ0n) is 18.8. The molecule has 0 saturated carbocycles. The van der Waals surface area contributed by atoms with Gasteiger partial charge in [0.05, 0.1) is 31.4 Å². The van der Waals surface area contributed by atoms with Gasteiger partial charge in [0.1, 0.15) is 17.3 Å². The molecule has 8 nitrogen and oxygen atoms in total. The average molecular weight is 472 g/mol. The molecule has 0 spiro atoms. The van der Waals surface area contributed by atoms with Gasteiger partial charge in [0, 0.05) is 38.4 Å². The van der Waals surface area contributed by atoms with Gasteiger partial charge >= 0.3 is 0 Å². The van der Waals surface area contributed by atoms with Crippen molar-refractivity contribution in [3.63, 3.8) is 0 Å². The van der Waals surface area contributed by atoms with Gasteiger partial charge in [-0.3, -0.25) is 4.90 Å². The predicted octanol–water partition coefficient (Wildman–Crippen LogP) is 3.14. The van der Waals surface area contributed by atoms with Crippen molar-refractivity contribution < 1.29 is 22.3 Å². The molecule has 176 valence electrons. The molecule has 0 aliphatic carbocycles. The zero-order valence-corrected chi connectivity index (χ0v) is 19.6. The summed E-state index contributed by atoms with van der Waals surface area (Å²) in [5, 5.41) is 0. The minimum Gasteiger partial charge on any atom is -0.497 e. The van der Waals surface area contributed by atoms with Crippen LogP contribution >= 0.6 is 0 Å². The maximum Gasteiger partial charge on any atom is 0.240 e. The smallest absolute Gasteiger partial charge is 0.240 e. The number of ether oxygens (including phenoxy) is 2. The van der Waals surface area contributed by atoms with Gasteiger partial charge in [-0.15, -0.1) is 0 Å². The van der Waals surface area contributed by atoms with Crippen molar-refractivity contribution in [2.75, 3.05) is 51.8 Å². The van der Waals surface area contributed by atoms with Crippen molar-refractivity contribution >= 4 is 15.7 Å². The number of piperazine rings is 1. The van der Waals surface area contributed by atoms with E-state index in [9.17, 15) is 8.42 Å². The summed E-state index contributed by atoms with van der Waals surface area (Å²) >= 11 is 0. The van der Waals surface area contributed by atoms with E-state index in [2.05, 4.69) is 26.7 Å². The van der Waals surface area contributed by atoms with Crippen LogP contribution in [0.3, 0.4) is 0 Å². The summed E-state index contributed by atoms with van der Waals surface area (Å²) in [6.45, 7) is 3.43. The van der Waals surface area contributed by atoms with Crippen LogP contribution < -0.4 is 19.1 Å². The van der Waals surface area contributed by atoms with Crippen LogP contribution in [0.15, 0.2) is 76.2 Å². The number of anilines is 1. The van der Waals surface area contributed by atoms with Gasteiger partial charge in [-0.05, 0) is 60.7 Å². The maximum atomic E-state index is 12.9. The lowest BCUT2D eigenvalue weighted by Crippen LogP contribution is -2.49. The SMILES string of the molecule is COc1ccc(N2CCN(C(CNS(=O)(=O)c3ccc(OC)cc3)c3ccco3)CC2)cc1. The number of methoxy groups -OCH3 is 2. The molecule has 1 unspecified atom stereocenters. The first kappa shape index (κ1) is 23.2. The van der Waals surface area contributed by atoms with Crippen molar-refractivity contribution in [1.82, 2.24) is 9.62 Å². The van der Waals surface area contributed by atoms with Crippen LogP contribution in [-0.2, 0) is 10.0 Å². The van der Waals surface area contributed by atoms with Crippen molar-refractivity contribution in [3.05, 3.63) is 72.7 Å². The minimum atomic E-state index is -3.67. The van der Waals surface area contributed by atoms with Gasteiger partial charge in [0.25, 0.3) is 0 Å². The van der Waals surface area contributed by atoms with Crippen LogP contribution in [0.4, 0.5) is 5.69 Å². The molecule has 33 heavy (non-hydrogen) atoms. The molecule has 9 heteroatoms. The maximum absolute atomic E-state index is 12.9. The molecule has 0 radical (unpaired) electrons.